The van der Waals surface area contributed by atoms with Crippen molar-refractivity contribution in [3.8, 4) is 0 Å². The fourth-order valence-corrected chi connectivity index (χ4v) is 14.0. The Bertz CT molecular complexity index is 389. The molecule has 0 unspecified atom stereocenters. The van der Waals surface area contributed by atoms with Crippen molar-refractivity contribution in [2.24, 2.45) is 0 Å². The molecule has 0 aliphatic carbocycles. The van der Waals surface area contributed by atoms with Crippen LogP contribution in [0.3, 0.4) is 0 Å². The van der Waals surface area contributed by atoms with Crippen LogP contribution in [0.25, 0.3) is 0 Å². The Balaban J connectivity index is 2.61. The Labute approximate surface area is 116 Å². The van der Waals surface area contributed by atoms with Crippen LogP contribution in [0.4, 0.5) is 9.59 Å². The summed E-state index contributed by atoms with van der Waals surface area (Å²) in [5.41, 5.74) is 0. The zero-order valence-corrected chi connectivity index (χ0v) is 14.2. The lowest BCUT2D eigenvalue weighted by Crippen LogP contribution is -2.41. The van der Waals surface area contributed by atoms with Crippen molar-refractivity contribution in [3.63, 3.8) is 0 Å². The molecule has 2 aliphatic rings. The molecule has 0 spiro atoms. The van der Waals surface area contributed by atoms with Crippen LogP contribution in [-0.4, -0.2) is 76.7 Å². The van der Waals surface area contributed by atoms with Gasteiger partial charge in [0.25, 0.3) is 0 Å². The van der Waals surface area contributed by atoms with E-state index in [1.165, 1.54) is 0 Å². The van der Waals surface area contributed by atoms with Crippen molar-refractivity contribution in [1.29, 1.82) is 0 Å². The molecule has 19 heavy (non-hydrogen) atoms. The standard InChI is InChI=1S/C10H22N5O2P2/c1-7-15(8-2)19-13(5)9(16)11(3)18(19)12(4)10(17)14(19)6/h7-8H2,1-6H3/q+1. The van der Waals surface area contributed by atoms with Crippen molar-refractivity contribution in [1.82, 2.24) is 23.4 Å². The molecule has 0 saturated carbocycles. The molecule has 0 atom stereocenters. The molecule has 0 aromatic heterocycles. The van der Waals surface area contributed by atoms with Crippen LogP contribution in [0.5, 0.6) is 0 Å². The Kier molecular flexibility index (Phi) is 3.67. The molecule has 2 aliphatic heterocycles. The zero-order chi connectivity index (χ0) is 14.5. The van der Waals surface area contributed by atoms with Gasteiger partial charge in [-0.2, -0.15) is 9.34 Å². The Morgan fingerprint density at radius 1 is 0.947 bits per heavy atom. The van der Waals surface area contributed by atoms with E-state index in [2.05, 4.69) is 18.5 Å². The molecule has 0 aromatic carbocycles. The highest BCUT2D eigenvalue weighted by atomic mass is 32.1. The van der Waals surface area contributed by atoms with Gasteiger partial charge in [-0.05, 0) is 13.8 Å². The van der Waals surface area contributed by atoms with Gasteiger partial charge < -0.3 is 0 Å². The first-order chi connectivity index (χ1) is 8.85. The van der Waals surface area contributed by atoms with Crippen LogP contribution in [0.2, 0.25) is 0 Å². The van der Waals surface area contributed by atoms with Crippen molar-refractivity contribution >= 4 is 27.4 Å². The number of carbonyl (C=O) groups is 2. The highest BCUT2D eigenvalue weighted by molar-refractivity contribution is 8.36. The first kappa shape index (κ1) is 14.8. The molecule has 9 heteroatoms. The van der Waals surface area contributed by atoms with Gasteiger partial charge in [0.05, 0.1) is 14.1 Å². The van der Waals surface area contributed by atoms with Gasteiger partial charge in [0.2, 0.25) is 0 Å². The second kappa shape index (κ2) is 4.72. The minimum atomic E-state index is -2.11. The average molecular weight is 306 g/mol. The molecular formula is C10H22N5O2P2+. The second-order valence-corrected chi connectivity index (χ2v) is 11.9. The fraction of sp³-hybridized carbons (Fsp3) is 0.800. The third-order valence-corrected chi connectivity index (χ3v) is 14.4. The number of hydrogen-bond acceptors (Lipinski definition) is 3. The topological polar surface area (TPSA) is 50.3 Å². The van der Waals surface area contributed by atoms with Crippen LogP contribution in [0.1, 0.15) is 13.8 Å². The summed E-state index contributed by atoms with van der Waals surface area (Å²) in [4.78, 5) is 24.7. The molecule has 0 N–H and O–H groups in total. The number of carbonyl (C=O) groups excluding carboxylic acids is 2. The lowest BCUT2D eigenvalue weighted by Gasteiger charge is -2.35. The molecule has 0 aromatic rings. The highest BCUT2D eigenvalue weighted by Gasteiger charge is 2.78. The maximum atomic E-state index is 12.4. The smallest absolute Gasteiger partial charge is 0.250 e. The van der Waals surface area contributed by atoms with Crippen LogP contribution in [-0.2, 0) is 0 Å². The Hall–Kier alpha value is -0.640. The normalized spacial score (nSPS) is 31.0. The molecule has 108 valence electrons. The molecule has 2 fully saturated rings. The molecule has 7 nitrogen and oxygen atoms in total. The fourth-order valence-electron chi connectivity index (χ4n) is 2.90. The average Bonchev–Trinajstić information content (AvgIpc) is 2.72. The maximum Gasteiger partial charge on any atom is 0.362 e. The SMILES string of the molecule is CCN(CC)[P+]12N(C)C(=O)N(C)P1N(C)C(=O)N2C. The predicted molar refractivity (Wildman–Crippen MR) is 78.6 cm³/mol. The molecular weight excluding hydrogens is 284 g/mol. The quantitative estimate of drug-likeness (QED) is 0.752. The minimum absolute atomic E-state index is 0.0116. The van der Waals surface area contributed by atoms with Crippen molar-refractivity contribution < 1.29 is 9.59 Å². The molecule has 0 radical (unpaired) electrons. The summed E-state index contributed by atoms with van der Waals surface area (Å²) >= 11 is 0. The van der Waals surface area contributed by atoms with Crippen molar-refractivity contribution in [3.05, 3.63) is 0 Å². The van der Waals surface area contributed by atoms with E-state index in [0.29, 0.717) is 0 Å². The van der Waals surface area contributed by atoms with Crippen LogP contribution < -0.4 is 0 Å². The second-order valence-electron chi connectivity index (χ2n) is 4.60. The molecule has 2 saturated heterocycles. The van der Waals surface area contributed by atoms with E-state index < -0.39 is 15.3 Å². The number of hydrogen-bond donors (Lipinski definition) is 0. The van der Waals surface area contributed by atoms with Gasteiger partial charge >= 0.3 is 27.4 Å². The van der Waals surface area contributed by atoms with Gasteiger partial charge in [-0.3, -0.25) is 0 Å². The Morgan fingerprint density at radius 2 is 1.32 bits per heavy atom. The van der Waals surface area contributed by atoms with Gasteiger partial charge in [-0.15, -0.1) is 4.67 Å². The third kappa shape index (κ3) is 1.55. The van der Waals surface area contributed by atoms with Gasteiger partial charge in [0.15, 0.2) is 0 Å². The van der Waals surface area contributed by atoms with E-state index in [0.717, 1.165) is 13.1 Å². The Morgan fingerprint density at radius 3 is 1.63 bits per heavy atom. The van der Waals surface area contributed by atoms with E-state index in [9.17, 15) is 9.59 Å². The van der Waals surface area contributed by atoms with Crippen LogP contribution in [0, 0.1) is 0 Å². The molecule has 0 bridgehead atoms. The number of fused-ring (bicyclic) bond motifs is 1. The number of nitrogens with zero attached hydrogens (tertiary/aromatic N) is 5. The van der Waals surface area contributed by atoms with E-state index in [4.69, 9.17) is 0 Å². The summed E-state index contributed by atoms with van der Waals surface area (Å²) in [6, 6.07) is 0.0232. The third-order valence-electron chi connectivity index (χ3n) is 3.80. The molecule has 2 rings (SSSR count). The summed E-state index contributed by atoms with van der Waals surface area (Å²) in [6.07, 6.45) is 0. The number of amides is 4. The predicted octanol–water partition coefficient (Wildman–Crippen LogP) is 2.31. The summed E-state index contributed by atoms with van der Waals surface area (Å²) in [7, 11) is 4.21. The largest absolute Gasteiger partial charge is 0.362 e. The summed E-state index contributed by atoms with van der Waals surface area (Å²) in [5.74, 6) is 0. The van der Waals surface area contributed by atoms with E-state index >= 15 is 0 Å². The lowest BCUT2D eigenvalue weighted by atomic mass is 10.7. The molecule has 2 heterocycles. The van der Waals surface area contributed by atoms with Gasteiger partial charge in [0, 0.05) is 27.2 Å². The number of urea groups is 2. The van der Waals surface area contributed by atoms with Crippen LogP contribution >= 0.6 is 15.3 Å². The zero-order valence-electron chi connectivity index (χ0n) is 12.4. The van der Waals surface area contributed by atoms with Crippen molar-refractivity contribution in [2.75, 3.05) is 41.3 Å². The summed E-state index contributed by atoms with van der Waals surface area (Å²) < 4.78 is 9.42. The van der Waals surface area contributed by atoms with Gasteiger partial charge in [0.1, 0.15) is 0 Å². The lowest BCUT2D eigenvalue weighted by molar-refractivity contribution is 0.205. The van der Waals surface area contributed by atoms with E-state index in [1.807, 2.05) is 23.4 Å². The minimum Gasteiger partial charge on any atom is -0.250 e. The van der Waals surface area contributed by atoms with Crippen LogP contribution in [0.15, 0.2) is 0 Å². The molecule has 4 amide bonds. The highest BCUT2D eigenvalue weighted by Crippen LogP contribution is 2.96. The first-order valence-corrected chi connectivity index (χ1v) is 9.94. The van der Waals surface area contributed by atoms with E-state index in [-0.39, 0.29) is 12.1 Å². The van der Waals surface area contributed by atoms with E-state index in [1.54, 1.807) is 23.4 Å². The summed E-state index contributed by atoms with van der Waals surface area (Å²) in [5, 5.41) is 0. The van der Waals surface area contributed by atoms with Gasteiger partial charge in [-0.25, -0.2) is 18.9 Å². The maximum absolute atomic E-state index is 12.4. The summed E-state index contributed by atoms with van der Waals surface area (Å²) in [6.45, 7) is 5.83. The monoisotopic (exact) mass is 306 g/mol. The first-order valence-electron chi connectivity index (χ1n) is 6.34. The van der Waals surface area contributed by atoms with Crippen molar-refractivity contribution in [2.45, 2.75) is 13.8 Å². The number of rotatable bonds is 3. The van der Waals surface area contributed by atoms with Gasteiger partial charge in [-0.1, -0.05) is 0 Å².